The van der Waals surface area contributed by atoms with Crippen LogP contribution in [0.15, 0.2) is 29.4 Å². The van der Waals surface area contributed by atoms with E-state index in [0.29, 0.717) is 0 Å². The molecule has 12 heteroatoms. The number of nitrogens with zero attached hydrogens (tertiary/aromatic N) is 3. The van der Waals surface area contributed by atoms with Gasteiger partial charge in [0.05, 0.1) is 17.9 Å². The Labute approximate surface area is 169 Å². The van der Waals surface area contributed by atoms with Crippen molar-refractivity contribution in [2.75, 3.05) is 23.4 Å². The van der Waals surface area contributed by atoms with Crippen LogP contribution in [-0.2, 0) is 20.5 Å². The number of thioether (sulfide) groups is 1. The lowest BCUT2D eigenvalue weighted by molar-refractivity contribution is -0.140. The number of carbonyl (C=O) groups is 2. The Morgan fingerprint density at radius 1 is 1.31 bits per heavy atom. The van der Waals surface area contributed by atoms with Crippen LogP contribution >= 0.6 is 11.8 Å². The number of benzene rings is 1. The summed E-state index contributed by atoms with van der Waals surface area (Å²) in [6.07, 6.45) is -4.26. The Balaban J connectivity index is 2.20. The third-order valence-electron chi connectivity index (χ3n) is 3.77. The summed E-state index contributed by atoms with van der Waals surface area (Å²) in [5, 5.41) is 10.3. The number of esters is 1. The lowest BCUT2D eigenvalue weighted by Crippen LogP contribution is -2.27. The van der Waals surface area contributed by atoms with Crippen LogP contribution < -0.4 is 11.1 Å². The predicted molar refractivity (Wildman–Crippen MR) is 101 cm³/mol. The number of ether oxygens (including phenoxy) is 1. The lowest BCUT2D eigenvalue weighted by atomic mass is 10.1. The fourth-order valence-electron chi connectivity index (χ4n) is 2.49. The zero-order valence-electron chi connectivity index (χ0n) is 15.7. The molecule has 2 rings (SSSR count). The zero-order chi connectivity index (χ0) is 21.6. The van der Waals surface area contributed by atoms with Crippen LogP contribution in [0.1, 0.15) is 31.9 Å². The molecule has 0 aliphatic carbocycles. The zero-order valence-corrected chi connectivity index (χ0v) is 16.5. The Morgan fingerprint density at radius 2 is 2.03 bits per heavy atom. The van der Waals surface area contributed by atoms with E-state index in [2.05, 4.69) is 15.5 Å². The Morgan fingerprint density at radius 3 is 2.66 bits per heavy atom. The first-order valence-electron chi connectivity index (χ1n) is 8.64. The van der Waals surface area contributed by atoms with Crippen molar-refractivity contribution in [1.29, 1.82) is 0 Å². The van der Waals surface area contributed by atoms with E-state index in [1.165, 1.54) is 16.7 Å². The molecule has 0 spiro atoms. The summed E-state index contributed by atoms with van der Waals surface area (Å²) in [4.78, 5) is 24.3. The fraction of sp³-hybridized carbons (Fsp3) is 0.412. The van der Waals surface area contributed by atoms with Crippen molar-refractivity contribution < 1.29 is 27.5 Å². The van der Waals surface area contributed by atoms with Gasteiger partial charge in [-0.05, 0) is 31.5 Å². The van der Waals surface area contributed by atoms with Gasteiger partial charge < -0.3 is 15.8 Å². The summed E-state index contributed by atoms with van der Waals surface area (Å²) < 4.78 is 44.8. The third kappa shape index (κ3) is 5.86. The number of halogens is 3. The molecule has 0 aliphatic heterocycles. The van der Waals surface area contributed by atoms with Crippen LogP contribution in [0.4, 0.5) is 24.8 Å². The van der Waals surface area contributed by atoms with Gasteiger partial charge in [0, 0.05) is 5.69 Å². The van der Waals surface area contributed by atoms with E-state index in [1.54, 1.807) is 13.8 Å². The molecule has 1 heterocycles. The van der Waals surface area contributed by atoms with Crippen LogP contribution in [0, 0.1) is 0 Å². The number of nitrogen functional groups attached to an aromatic ring is 1. The van der Waals surface area contributed by atoms with Gasteiger partial charge in [-0.15, -0.1) is 10.2 Å². The number of nitrogens with one attached hydrogen (secondary N) is 1. The lowest BCUT2D eigenvalue weighted by Gasteiger charge is -2.19. The van der Waals surface area contributed by atoms with Crippen LogP contribution in [0.25, 0.3) is 0 Å². The highest BCUT2D eigenvalue weighted by atomic mass is 32.2. The van der Waals surface area contributed by atoms with E-state index in [-0.39, 0.29) is 35.6 Å². The molecule has 158 valence electrons. The molecule has 8 nitrogen and oxygen atoms in total. The summed E-state index contributed by atoms with van der Waals surface area (Å²) >= 11 is 0.995. The first-order chi connectivity index (χ1) is 13.7. The largest absolute Gasteiger partial charge is 0.465 e. The van der Waals surface area contributed by atoms with E-state index in [0.717, 1.165) is 23.9 Å². The maximum Gasteiger partial charge on any atom is 0.416 e. The smallest absolute Gasteiger partial charge is 0.416 e. The van der Waals surface area contributed by atoms with Gasteiger partial charge in [0.15, 0.2) is 5.16 Å². The minimum atomic E-state index is -4.53. The number of hydrogen-bond donors (Lipinski definition) is 2. The normalized spacial score (nSPS) is 12.4. The Hall–Kier alpha value is -2.76. The molecule has 0 saturated heterocycles. The average Bonchev–Trinajstić information content (AvgIpc) is 3.01. The second-order valence-corrected chi connectivity index (χ2v) is 6.74. The van der Waals surface area contributed by atoms with Crippen molar-refractivity contribution in [3.05, 3.63) is 29.8 Å². The van der Waals surface area contributed by atoms with Gasteiger partial charge in [-0.25, -0.2) is 0 Å². The van der Waals surface area contributed by atoms with Gasteiger partial charge in [0.2, 0.25) is 11.9 Å². The molecule has 0 radical (unpaired) electrons. The van der Waals surface area contributed by atoms with E-state index in [1.807, 2.05) is 0 Å². The van der Waals surface area contributed by atoms with Crippen LogP contribution in [0.5, 0.6) is 0 Å². The molecular weight excluding hydrogens is 411 g/mol. The first-order valence-corrected chi connectivity index (χ1v) is 9.62. The first kappa shape index (κ1) is 22.5. The molecule has 1 aromatic heterocycles. The highest BCUT2D eigenvalue weighted by molar-refractivity contribution is 7.99. The number of anilines is 2. The number of aromatic nitrogens is 3. The molecule has 1 aromatic carbocycles. The Bertz CT molecular complexity index is 872. The van der Waals surface area contributed by atoms with Gasteiger partial charge in [-0.1, -0.05) is 24.8 Å². The third-order valence-corrected chi connectivity index (χ3v) is 4.69. The molecule has 29 heavy (non-hydrogen) atoms. The summed E-state index contributed by atoms with van der Waals surface area (Å²) in [7, 11) is 0. The van der Waals surface area contributed by atoms with E-state index >= 15 is 0 Å². The topological polar surface area (TPSA) is 112 Å². The second-order valence-electron chi connectivity index (χ2n) is 5.80. The van der Waals surface area contributed by atoms with Gasteiger partial charge in [0.25, 0.3) is 0 Å². The molecule has 1 unspecified atom stereocenters. The molecule has 2 aromatic rings. The molecule has 0 aliphatic rings. The van der Waals surface area contributed by atoms with Gasteiger partial charge in [0.1, 0.15) is 6.04 Å². The van der Waals surface area contributed by atoms with Gasteiger partial charge in [-0.3, -0.25) is 14.2 Å². The standard InChI is InChI=1S/C17H20F3N5O3S/c1-3-12(14(27)22-11-7-5-6-10(8-11)17(18,19)20)25-15(21)23-24-16(25)29-9-13(26)28-4-2/h5-8,12H,3-4,9H2,1-2H3,(H2,21,23)(H,22,27). The monoisotopic (exact) mass is 431 g/mol. The molecule has 3 N–H and O–H groups in total. The molecule has 0 bridgehead atoms. The van der Waals surface area contributed by atoms with Crippen molar-refractivity contribution in [2.45, 2.75) is 37.6 Å². The highest BCUT2D eigenvalue weighted by Crippen LogP contribution is 2.31. The van der Waals surface area contributed by atoms with E-state index < -0.39 is 29.7 Å². The molecular formula is C17H20F3N5O3S. The SMILES string of the molecule is CCOC(=O)CSc1nnc(N)n1C(CC)C(=O)Nc1cccc(C(F)(F)F)c1. The summed E-state index contributed by atoms with van der Waals surface area (Å²) in [5.74, 6) is -1.16. The summed E-state index contributed by atoms with van der Waals surface area (Å²) in [5.41, 5.74) is 4.95. The van der Waals surface area contributed by atoms with Crippen LogP contribution in [0.2, 0.25) is 0 Å². The maximum atomic E-state index is 12.9. The van der Waals surface area contributed by atoms with Crippen molar-refractivity contribution >= 4 is 35.3 Å². The number of alkyl halides is 3. The summed E-state index contributed by atoms with van der Waals surface area (Å²) in [6.45, 7) is 3.61. The second kappa shape index (κ2) is 9.63. The minimum absolute atomic E-state index is 0.00403. The van der Waals surface area contributed by atoms with E-state index in [4.69, 9.17) is 10.5 Å². The average molecular weight is 431 g/mol. The fourth-order valence-corrected chi connectivity index (χ4v) is 3.28. The van der Waals surface area contributed by atoms with Crippen LogP contribution in [0.3, 0.4) is 0 Å². The molecule has 0 fully saturated rings. The van der Waals surface area contributed by atoms with Gasteiger partial charge in [-0.2, -0.15) is 13.2 Å². The van der Waals surface area contributed by atoms with Crippen molar-refractivity contribution in [3.8, 4) is 0 Å². The number of rotatable bonds is 8. The number of carbonyl (C=O) groups excluding carboxylic acids is 2. The molecule has 0 saturated carbocycles. The van der Waals surface area contributed by atoms with Crippen molar-refractivity contribution in [3.63, 3.8) is 0 Å². The molecule has 1 atom stereocenters. The number of hydrogen-bond acceptors (Lipinski definition) is 7. The molecule has 1 amide bonds. The number of amides is 1. The maximum absolute atomic E-state index is 12.9. The Kier molecular flexibility index (Phi) is 7.48. The van der Waals surface area contributed by atoms with E-state index in [9.17, 15) is 22.8 Å². The van der Waals surface area contributed by atoms with Gasteiger partial charge >= 0.3 is 12.1 Å². The predicted octanol–water partition coefficient (Wildman–Crippen LogP) is 3.12. The quantitative estimate of drug-likeness (QED) is 0.488. The number of nitrogens with two attached hydrogens (primary N) is 1. The minimum Gasteiger partial charge on any atom is -0.465 e. The van der Waals surface area contributed by atoms with Crippen LogP contribution in [-0.4, -0.2) is 39.0 Å². The van der Waals surface area contributed by atoms with Crippen molar-refractivity contribution in [1.82, 2.24) is 14.8 Å². The highest BCUT2D eigenvalue weighted by Gasteiger charge is 2.31. The van der Waals surface area contributed by atoms with Crippen molar-refractivity contribution in [2.24, 2.45) is 0 Å². The summed E-state index contributed by atoms with van der Waals surface area (Å²) in [6, 6.07) is 3.42.